The van der Waals surface area contributed by atoms with Crippen LogP contribution in [0.5, 0.6) is 11.6 Å². The van der Waals surface area contributed by atoms with E-state index in [0.29, 0.717) is 34.3 Å². The lowest BCUT2D eigenvalue weighted by Crippen LogP contribution is -2.35. The van der Waals surface area contributed by atoms with Crippen LogP contribution >= 0.6 is 0 Å². The SMILES string of the molecule is COc1nc(Nc2nccc(-c3ccc(OC4CCN(C)CC4)c(C#N)c3)n2)ccc1C(=O)N(C)C. The number of methoxy groups -OCH3 is 1. The number of nitriles is 1. The standard InChI is InChI=1S/C26H29N7O3/c1-32(2)25(34)20-6-8-23(30-24(20)35-4)31-26-28-12-9-21(29-26)17-5-7-22(18(15-17)16-27)36-19-10-13-33(3)14-11-19/h5-9,12,15,19H,10-11,13-14H2,1-4H3,(H,28,29,30,31). The molecule has 0 aliphatic carbocycles. The Labute approximate surface area is 210 Å². The first-order valence-electron chi connectivity index (χ1n) is 11.6. The number of hydrogen-bond donors (Lipinski definition) is 1. The Hall–Kier alpha value is -4.23. The molecule has 0 atom stereocenters. The molecule has 1 amide bonds. The summed E-state index contributed by atoms with van der Waals surface area (Å²) in [5.41, 5.74) is 2.23. The van der Waals surface area contributed by atoms with Crippen LogP contribution in [0.4, 0.5) is 11.8 Å². The molecule has 3 aromatic rings. The van der Waals surface area contributed by atoms with Crippen LogP contribution in [-0.4, -0.2) is 78.1 Å². The van der Waals surface area contributed by atoms with Gasteiger partial charge in [-0.25, -0.2) is 9.97 Å². The lowest BCUT2D eigenvalue weighted by molar-refractivity contribution is 0.0823. The Kier molecular flexibility index (Phi) is 7.61. The second-order valence-electron chi connectivity index (χ2n) is 8.79. The maximum absolute atomic E-state index is 12.3. The molecule has 0 bridgehead atoms. The molecule has 2 aromatic heterocycles. The number of hydrogen-bond acceptors (Lipinski definition) is 9. The summed E-state index contributed by atoms with van der Waals surface area (Å²) in [4.78, 5) is 29.3. The minimum atomic E-state index is -0.208. The van der Waals surface area contributed by atoms with Gasteiger partial charge in [0.2, 0.25) is 11.8 Å². The van der Waals surface area contributed by atoms with Crippen molar-refractivity contribution in [2.75, 3.05) is 46.7 Å². The predicted octanol–water partition coefficient (Wildman–Crippen LogP) is 3.34. The molecule has 0 saturated carbocycles. The van der Waals surface area contributed by atoms with Crippen LogP contribution in [0.2, 0.25) is 0 Å². The van der Waals surface area contributed by atoms with Crippen LogP contribution in [0, 0.1) is 11.3 Å². The number of nitrogens with one attached hydrogen (secondary N) is 1. The summed E-state index contributed by atoms with van der Waals surface area (Å²) in [6.07, 6.45) is 3.61. The third-order valence-electron chi connectivity index (χ3n) is 5.94. The minimum absolute atomic E-state index is 0.109. The first-order chi connectivity index (χ1) is 17.4. The first-order valence-corrected chi connectivity index (χ1v) is 11.6. The molecular formula is C26H29N7O3. The number of benzene rings is 1. The Balaban J connectivity index is 1.53. The van der Waals surface area contributed by atoms with E-state index in [2.05, 4.69) is 38.3 Å². The van der Waals surface area contributed by atoms with Crippen molar-refractivity contribution in [3.63, 3.8) is 0 Å². The van der Waals surface area contributed by atoms with Gasteiger partial charge in [-0.15, -0.1) is 0 Å². The molecule has 1 saturated heterocycles. The van der Waals surface area contributed by atoms with Crippen LogP contribution in [-0.2, 0) is 0 Å². The largest absolute Gasteiger partial charge is 0.489 e. The molecular weight excluding hydrogens is 458 g/mol. The molecule has 1 aliphatic heterocycles. The summed E-state index contributed by atoms with van der Waals surface area (Å²) in [6.45, 7) is 1.97. The highest BCUT2D eigenvalue weighted by molar-refractivity contribution is 5.96. The average Bonchev–Trinajstić information content (AvgIpc) is 2.89. The summed E-state index contributed by atoms with van der Waals surface area (Å²) in [5, 5.41) is 12.8. The van der Waals surface area contributed by atoms with E-state index in [1.54, 1.807) is 44.6 Å². The zero-order valence-corrected chi connectivity index (χ0v) is 20.9. The summed E-state index contributed by atoms with van der Waals surface area (Å²) in [5.74, 6) is 1.33. The number of rotatable bonds is 7. The number of amides is 1. The van der Waals surface area contributed by atoms with Crippen molar-refractivity contribution in [2.45, 2.75) is 18.9 Å². The van der Waals surface area contributed by atoms with E-state index in [9.17, 15) is 10.1 Å². The van der Waals surface area contributed by atoms with Crippen LogP contribution < -0.4 is 14.8 Å². The van der Waals surface area contributed by atoms with Crippen molar-refractivity contribution in [2.24, 2.45) is 0 Å². The molecule has 0 spiro atoms. The predicted molar refractivity (Wildman–Crippen MR) is 135 cm³/mol. The van der Waals surface area contributed by atoms with E-state index in [4.69, 9.17) is 9.47 Å². The Morgan fingerprint density at radius 1 is 1.17 bits per heavy atom. The van der Waals surface area contributed by atoms with Gasteiger partial charge < -0.3 is 24.6 Å². The zero-order valence-electron chi connectivity index (χ0n) is 20.9. The first kappa shape index (κ1) is 24.9. The van der Waals surface area contributed by atoms with E-state index in [0.717, 1.165) is 31.5 Å². The normalized spacial score (nSPS) is 14.1. The van der Waals surface area contributed by atoms with Crippen molar-refractivity contribution < 1.29 is 14.3 Å². The maximum atomic E-state index is 12.3. The van der Waals surface area contributed by atoms with Gasteiger partial charge in [0.1, 0.15) is 29.3 Å². The van der Waals surface area contributed by atoms with Gasteiger partial charge in [0.05, 0.1) is 18.4 Å². The molecule has 10 heteroatoms. The van der Waals surface area contributed by atoms with Gasteiger partial charge in [-0.1, -0.05) is 0 Å². The molecule has 36 heavy (non-hydrogen) atoms. The van der Waals surface area contributed by atoms with E-state index in [-0.39, 0.29) is 17.9 Å². The van der Waals surface area contributed by atoms with Crippen molar-refractivity contribution in [3.8, 4) is 29.0 Å². The number of carbonyl (C=O) groups excluding carboxylic acids is 1. The quantitative estimate of drug-likeness (QED) is 0.535. The number of carbonyl (C=O) groups is 1. The minimum Gasteiger partial charge on any atom is -0.489 e. The number of pyridine rings is 1. The van der Waals surface area contributed by atoms with Crippen LogP contribution in [0.1, 0.15) is 28.8 Å². The van der Waals surface area contributed by atoms with Gasteiger partial charge in [0.15, 0.2) is 0 Å². The summed E-state index contributed by atoms with van der Waals surface area (Å²) >= 11 is 0. The van der Waals surface area contributed by atoms with E-state index in [1.165, 1.54) is 12.0 Å². The second-order valence-corrected chi connectivity index (χ2v) is 8.79. The van der Waals surface area contributed by atoms with Crippen molar-refractivity contribution in [3.05, 3.63) is 53.7 Å². The van der Waals surface area contributed by atoms with Crippen LogP contribution in [0.25, 0.3) is 11.3 Å². The van der Waals surface area contributed by atoms with Crippen molar-refractivity contribution in [1.29, 1.82) is 5.26 Å². The van der Waals surface area contributed by atoms with E-state index >= 15 is 0 Å². The monoisotopic (exact) mass is 487 g/mol. The molecule has 186 valence electrons. The molecule has 4 rings (SSSR count). The second kappa shape index (κ2) is 11.0. The lowest BCUT2D eigenvalue weighted by atomic mass is 10.1. The number of nitrogens with zero attached hydrogens (tertiary/aromatic N) is 6. The highest BCUT2D eigenvalue weighted by Gasteiger charge is 2.20. The summed E-state index contributed by atoms with van der Waals surface area (Å²) in [7, 11) is 6.89. The molecule has 1 aromatic carbocycles. The number of aromatic nitrogens is 3. The van der Waals surface area contributed by atoms with Gasteiger partial charge in [0.25, 0.3) is 5.91 Å². The average molecular weight is 488 g/mol. The van der Waals surface area contributed by atoms with Gasteiger partial charge in [-0.3, -0.25) is 4.79 Å². The van der Waals surface area contributed by atoms with Crippen molar-refractivity contribution >= 4 is 17.7 Å². The van der Waals surface area contributed by atoms with Crippen LogP contribution in [0.3, 0.4) is 0 Å². The number of likely N-dealkylation sites (tertiary alicyclic amines) is 1. The summed E-state index contributed by atoms with van der Waals surface area (Å²) < 4.78 is 11.4. The molecule has 0 radical (unpaired) electrons. The van der Waals surface area contributed by atoms with E-state index < -0.39 is 0 Å². The molecule has 10 nitrogen and oxygen atoms in total. The third-order valence-corrected chi connectivity index (χ3v) is 5.94. The Morgan fingerprint density at radius 3 is 2.64 bits per heavy atom. The Bertz CT molecular complexity index is 1280. The Morgan fingerprint density at radius 2 is 1.94 bits per heavy atom. The maximum Gasteiger partial charge on any atom is 0.258 e. The fraction of sp³-hybridized carbons (Fsp3) is 0.346. The van der Waals surface area contributed by atoms with E-state index in [1.807, 2.05) is 12.1 Å². The fourth-order valence-electron chi connectivity index (χ4n) is 3.93. The van der Waals surface area contributed by atoms with Gasteiger partial charge in [0, 0.05) is 38.9 Å². The summed E-state index contributed by atoms with van der Waals surface area (Å²) in [6, 6.07) is 12.8. The number of anilines is 2. The molecule has 1 aliphatic rings. The zero-order chi connectivity index (χ0) is 25.7. The third kappa shape index (κ3) is 5.70. The topological polar surface area (TPSA) is 116 Å². The molecule has 1 fully saturated rings. The number of piperidine rings is 1. The molecule has 3 heterocycles. The van der Waals surface area contributed by atoms with Gasteiger partial charge >= 0.3 is 0 Å². The van der Waals surface area contributed by atoms with Crippen molar-refractivity contribution in [1.82, 2.24) is 24.8 Å². The lowest BCUT2D eigenvalue weighted by Gasteiger charge is -2.29. The highest BCUT2D eigenvalue weighted by atomic mass is 16.5. The smallest absolute Gasteiger partial charge is 0.258 e. The fourth-order valence-corrected chi connectivity index (χ4v) is 3.93. The molecule has 1 N–H and O–H groups in total. The highest BCUT2D eigenvalue weighted by Crippen LogP contribution is 2.28. The molecule has 0 unspecified atom stereocenters. The van der Waals surface area contributed by atoms with Crippen LogP contribution in [0.15, 0.2) is 42.6 Å². The van der Waals surface area contributed by atoms with Gasteiger partial charge in [-0.05, 0) is 56.3 Å². The number of ether oxygens (including phenoxy) is 2. The van der Waals surface area contributed by atoms with Gasteiger partial charge in [-0.2, -0.15) is 10.2 Å².